The molecule has 0 fully saturated rings. The van der Waals surface area contributed by atoms with Crippen molar-refractivity contribution in [1.29, 1.82) is 0 Å². The van der Waals surface area contributed by atoms with Crippen LogP contribution in [-0.2, 0) is 4.43 Å². The summed E-state index contributed by atoms with van der Waals surface area (Å²) in [4.78, 5) is 0. The molecule has 0 unspecified atom stereocenters. The van der Waals surface area contributed by atoms with Gasteiger partial charge < -0.3 is 4.43 Å². The monoisotopic (exact) mass is 242 g/mol. The highest BCUT2D eigenvalue weighted by Gasteiger charge is 2.21. The molecule has 1 nitrogen and oxygen atoms in total. The molecule has 0 atom stereocenters. The van der Waals surface area contributed by atoms with Crippen molar-refractivity contribution in [2.75, 3.05) is 0 Å². The second-order valence-corrected chi connectivity index (χ2v) is 9.10. The number of hydrogen-bond acceptors (Lipinski definition) is 1. The van der Waals surface area contributed by atoms with Crippen LogP contribution in [0.3, 0.4) is 0 Å². The van der Waals surface area contributed by atoms with Crippen molar-refractivity contribution in [3.05, 3.63) is 41.5 Å². The standard InChI is InChI=1S/C12H16F2OSi/c1-9-5-7-10(8-6-9)11(12(13)14)15-16(2,3)4/h5-8H,1-4H3. The average Bonchev–Trinajstić information content (AvgIpc) is 2.14. The molecule has 1 rings (SSSR count). The van der Waals surface area contributed by atoms with Gasteiger partial charge in [-0.1, -0.05) is 29.8 Å². The van der Waals surface area contributed by atoms with Crippen LogP contribution in [0, 0.1) is 6.92 Å². The van der Waals surface area contributed by atoms with E-state index < -0.39 is 14.4 Å². The molecule has 0 N–H and O–H groups in total. The summed E-state index contributed by atoms with van der Waals surface area (Å²) in [6.45, 7) is 7.55. The summed E-state index contributed by atoms with van der Waals surface area (Å²) in [5.41, 5.74) is 1.48. The lowest BCUT2D eigenvalue weighted by Gasteiger charge is -2.21. The second kappa shape index (κ2) is 4.78. The van der Waals surface area contributed by atoms with E-state index in [1.54, 1.807) is 24.3 Å². The number of aryl methyl sites for hydroxylation is 1. The number of benzene rings is 1. The van der Waals surface area contributed by atoms with Gasteiger partial charge in [0.1, 0.15) is 0 Å². The van der Waals surface area contributed by atoms with Crippen molar-refractivity contribution < 1.29 is 13.2 Å². The van der Waals surface area contributed by atoms with Crippen LogP contribution in [0.15, 0.2) is 30.3 Å². The number of hydrogen-bond donors (Lipinski definition) is 0. The molecule has 0 heterocycles. The Morgan fingerprint density at radius 1 is 1.06 bits per heavy atom. The predicted octanol–water partition coefficient (Wildman–Crippen LogP) is 4.41. The molecular formula is C12H16F2OSi. The van der Waals surface area contributed by atoms with E-state index in [-0.39, 0.29) is 5.76 Å². The van der Waals surface area contributed by atoms with Crippen LogP contribution in [0.4, 0.5) is 8.78 Å². The van der Waals surface area contributed by atoms with Gasteiger partial charge in [0.15, 0.2) is 5.76 Å². The molecule has 0 spiro atoms. The Bertz CT molecular complexity index is 386. The summed E-state index contributed by atoms with van der Waals surface area (Å²) in [5.74, 6) is -0.279. The van der Waals surface area contributed by atoms with Crippen LogP contribution in [0.25, 0.3) is 5.76 Å². The summed E-state index contributed by atoms with van der Waals surface area (Å²) in [5, 5.41) is 0. The molecular weight excluding hydrogens is 226 g/mol. The predicted molar refractivity (Wildman–Crippen MR) is 64.7 cm³/mol. The molecule has 0 aromatic heterocycles. The zero-order chi connectivity index (χ0) is 12.3. The van der Waals surface area contributed by atoms with Gasteiger partial charge in [-0.05, 0) is 26.6 Å². The minimum atomic E-state index is -2.02. The van der Waals surface area contributed by atoms with Crippen LogP contribution in [-0.4, -0.2) is 8.32 Å². The summed E-state index contributed by atoms with van der Waals surface area (Å²) >= 11 is 0. The van der Waals surface area contributed by atoms with Crippen molar-refractivity contribution in [1.82, 2.24) is 0 Å². The first kappa shape index (κ1) is 12.9. The van der Waals surface area contributed by atoms with Gasteiger partial charge >= 0.3 is 6.08 Å². The van der Waals surface area contributed by atoms with Crippen molar-refractivity contribution >= 4 is 14.1 Å². The van der Waals surface area contributed by atoms with Crippen LogP contribution >= 0.6 is 0 Å². The molecule has 1 aromatic carbocycles. The Kier molecular flexibility index (Phi) is 3.86. The topological polar surface area (TPSA) is 9.23 Å². The summed E-state index contributed by atoms with van der Waals surface area (Å²) in [7, 11) is -2.02. The number of halogens is 2. The molecule has 0 aliphatic carbocycles. The van der Waals surface area contributed by atoms with E-state index in [9.17, 15) is 8.78 Å². The van der Waals surface area contributed by atoms with Gasteiger partial charge in [0.2, 0.25) is 8.32 Å². The third-order valence-corrected chi connectivity index (χ3v) is 2.71. The zero-order valence-electron chi connectivity index (χ0n) is 9.97. The van der Waals surface area contributed by atoms with Crippen LogP contribution < -0.4 is 0 Å². The van der Waals surface area contributed by atoms with Crippen molar-refractivity contribution in [3.8, 4) is 0 Å². The lowest BCUT2D eigenvalue weighted by atomic mass is 10.1. The van der Waals surface area contributed by atoms with Gasteiger partial charge in [0, 0.05) is 5.56 Å². The highest BCUT2D eigenvalue weighted by atomic mass is 28.4. The van der Waals surface area contributed by atoms with Crippen molar-refractivity contribution in [2.45, 2.75) is 26.6 Å². The maximum atomic E-state index is 12.8. The van der Waals surface area contributed by atoms with E-state index in [4.69, 9.17) is 4.43 Å². The Labute approximate surface area is 95.9 Å². The van der Waals surface area contributed by atoms with Gasteiger partial charge in [-0.15, -0.1) is 0 Å². The molecule has 0 saturated carbocycles. The number of rotatable bonds is 3. The molecule has 88 valence electrons. The van der Waals surface area contributed by atoms with Gasteiger partial charge in [-0.3, -0.25) is 0 Å². The van der Waals surface area contributed by atoms with Crippen LogP contribution in [0.2, 0.25) is 19.6 Å². The zero-order valence-corrected chi connectivity index (χ0v) is 11.0. The fourth-order valence-electron chi connectivity index (χ4n) is 1.22. The van der Waals surface area contributed by atoms with Gasteiger partial charge in [-0.2, -0.15) is 8.78 Å². The summed E-state index contributed by atoms with van der Waals surface area (Å²) < 4.78 is 31.0. The highest BCUT2D eigenvalue weighted by molar-refractivity contribution is 6.70. The lowest BCUT2D eigenvalue weighted by Crippen LogP contribution is -2.24. The molecule has 0 radical (unpaired) electrons. The summed E-state index contributed by atoms with van der Waals surface area (Å²) in [6, 6.07) is 6.91. The maximum absolute atomic E-state index is 12.8. The quantitative estimate of drug-likeness (QED) is 0.563. The SMILES string of the molecule is Cc1ccc(C(O[Si](C)(C)C)=C(F)F)cc1. The fraction of sp³-hybridized carbons (Fsp3) is 0.333. The Hall–Kier alpha value is -1.16. The minimum absolute atomic E-state index is 0.279. The van der Waals surface area contributed by atoms with Gasteiger partial charge in [0.05, 0.1) is 0 Å². The highest BCUT2D eigenvalue weighted by Crippen LogP contribution is 2.26. The maximum Gasteiger partial charge on any atom is 0.311 e. The third kappa shape index (κ3) is 3.77. The molecule has 0 aliphatic heterocycles. The molecule has 16 heavy (non-hydrogen) atoms. The second-order valence-electron chi connectivity index (χ2n) is 4.67. The van der Waals surface area contributed by atoms with Crippen LogP contribution in [0.5, 0.6) is 0 Å². The van der Waals surface area contributed by atoms with Gasteiger partial charge in [-0.25, -0.2) is 0 Å². The summed E-state index contributed by atoms with van der Waals surface area (Å²) in [6.07, 6.45) is -1.76. The average molecular weight is 242 g/mol. The molecule has 4 heteroatoms. The largest absolute Gasteiger partial charge is 0.540 e. The van der Waals surface area contributed by atoms with Crippen molar-refractivity contribution in [2.24, 2.45) is 0 Å². The first-order valence-electron chi connectivity index (χ1n) is 5.11. The minimum Gasteiger partial charge on any atom is -0.540 e. The fourth-order valence-corrected chi connectivity index (χ4v) is 2.03. The molecule has 1 aromatic rings. The third-order valence-electron chi connectivity index (χ3n) is 1.89. The Morgan fingerprint density at radius 3 is 1.94 bits per heavy atom. The van der Waals surface area contributed by atoms with E-state index in [1.165, 1.54) is 0 Å². The molecule has 0 aliphatic rings. The molecule has 0 saturated heterocycles. The van der Waals surface area contributed by atoms with E-state index in [0.717, 1.165) is 5.56 Å². The van der Waals surface area contributed by atoms with E-state index in [1.807, 2.05) is 26.6 Å². The van der Waals surface area contributed by atoms with Crippen molar-refractivity contribution in [3.63, 3.8) is 0 Å². The van der Waals surface area contributed by atoms with E-state index >= 15 is 0 Å². The lowest BCUT2D eigenvalue weighted by molar-refractivity contribution is 0.384. The van der Waals surface area contributed by atoms with E-state index in [0.29, 0.717) is 5.56 Å². The Morgan fingerprint density at radius 2 is 1.56 bits per heavy atom. The van der Waals surface area contributed by atoms with E-state index in [2.05, 4.69) is 0 Å². The molecule has 0 bridgehead atoms. The molecule has 0 amide bonds. The Balaban J connectivity index is 3.06. The first-order valence-corrected chi connectivity index (χ1v) is 8.52. The smallest absolute Gasteiger partial charge is 0.311 e. The first-order chi connectivity index (χ1) is 7.29. The van der Waals surface area contributed by atoms with Gasteiger partial charge in [0.25, 0.3) is 0 Å². The van der Waals surface area contributed by atoms with Crippen LogP contribution in [0.1, 0.15) is 11.1 Å². The normalized spacial score (nSPS) is 11.1.